The van der Waals surface area contributed by atoms with E-state index in [-0.39, 0.29) is 0 Å². The van der Waals surface area contributed by atoms with Crippen LogP contribution >= 0.6 is 0 Å². The van der Waals surface area contributed by atoms with Crippen molar-refractivity contribution < 1.29 is 4.42 Å². The fourth-order valence-electron chi connectivity index (χ4n) is 10.3. The van der Waals surface area contributed by atoms with Crippen LogP contribution in [0.2, 0.25) is 0 Å². The molecule has 6 nitrogen and oxygen atoms in total. The second kappa shape index (κ2) is 16.1. The minimum absolute atomic E-state index is 0.484. The van der Waals surface area contributed by atoms with Crippen LogP contribution in [0.15, 0.2) is 241 Å². The Bertz CT molecular complexity index is 4360. The highest BCUT2D eigenvalue weighted by molar-refractivity contribution is 6.24. The molecule has 10 aromatic carbocycles. The molecule has 0 saturated carbocycles. The third-order valence-corrected chi connectivity index (χ3v) is 13.7. The summed E-state index contributed by atoms with van der Waals surface area (Å²) in [5.41, 5.74) is 14.2. The second-order valence-corrected chi connectivity index (χ2v) is 17.8. The number of nitrogens with zero attached hydrogens (tertiary/aromatic N) is 5. The quantitative estimate of drug-likeness (QED) is 0.159. The molecular formula is C64H39N5O. The van der Waals surface area contributed by atoms with Crippen LogP contribution in [0.3, 0.4) is 0 Å². The third-order valence-electron chi connectivity index (χ3n) is 13.7. The van der Waals surface area contributed by atoms with Crippen LogP contribution in [0.5, 0.6) is 0 Å². The number of hydrogen-bond acceptors (Lipinski definition) is 5. The van der Waals surface area contributed by atoms with Crippen molar-refractivity contribution in [1.29, 1.82) is 0 Å². The van der Waals surface area contributed by atoms with Crippen LogP contribution in [0.25, 0.3) is 139 Å². The molecule has 0 N–H and O–H groups in total. The lowest BCUT2D eigenvalue weighted by Crippen LogP contribution is -2.01. The van der Waals surface area contributed by atoms with E-state index in [0.717, 1.165) is 66.1 Å². The van der Waals surface area contributed by atoms with Crippen molar-refractivity contribution in [1.82, 2.24) is 24.5 Å². The van der Waals surface area contributed by atoms with Crippen LogP contribution in [0, 0.1) is 0 Å². The lowest BCUT2D eigenvalue weighted by atomic mass is 9.93. The van der Waals surface area contributed by atoms with Crippen LogP contribution in [-0.4, -0.2) is 24.5 Å². The van der Waals surface area contributed by atoms with E-state index in [2.05, 4.69) is 211 Å². The number of fused-ring (bicyclic) bond motifs is 9. The molecule has 0 saturated heterocycles. The molecule has 70 heavy (non-hydrogen) atoms. The van der Waals surface area contributed by atoms with E-state index in [4.69, 9.17) is 24.4 Å². The summed E-state index contributed by atoms with van der Waals surface area (Å²) in [6.07, 6.45) is 1.77. The number of aromatic nitrogens is 5. The summed E-state index contributed by atoms with van der Waals surface area (Å²) < 4.78 is 8.56. The predicted molar refractivity (Wildman–Crippen MR) is 287 cm³/mol. The van der Waals surface area contributed by atoms with Crippen molar-refractivity contribution >= 4 is 65.3 Å². The average molecular weight is 894 g/mol. The maximum Gasteiger partial charge on any atom is 0.182 e. The number of para-hydroxylation sites is 2. The van der Waals surface area contributed by atoms with Gasteiger partial charge < -0.3 is 8.98 Å². The van der Waals surface area contributed by atoms with Gasteiger partial charge in [0.2, 0.25) is 0 Å². The van der Waals surface area contributed by atoms with Gasteiger partial charge >= 0.3 is 0 Å². The molecule has 6 heteroatoms. The van der Waals surface area contributed by atoms with Gasteiger partial charge in [0, 0.05) is 38.4 Å². The SMILES string of the molecule is c1ccc(-c2ccc(-c3cc4c(c5ccccc35)c3ccccc3n4-c3cccc(-c4cccc(-c5nc(-c6ccc7ccccc7c6)nc(-c6cc7c(cn6)oc6ccccc67)n5)c4)c3)cc2)cc1. The third kappa shape index (κ3) is 6.65. The van der Waals surface area contributed by atoms with Gasteiger partial charge in [-0.3, -0.25) is 0 Å². The number of pyridine rings is 1. The maximum atomic E-state index is 6.14. The first-order valence-electron chi connectivity index (χ1n) is 23.5. The first kappa shape index (κ1) is 39.6. The molecule has 4 heterocycles. The lowest BCUT2D eigenvalue weighted by molar-refractivity contribution is 0.667. The topological polar surface area (TPSA) is 69.6 Å². The Morgan fingerprint density at radius 2 is 0.929 bits per heavy atom. The maximum absolute atomic E-state index is 6.14. The molecule has 0 aliphatic rings. The number of furan rings is 1. The van der Waals surface area contributed by atoms with Gasteiger partial charge in [-0.2, -0.15) is 0 Å². The van der Waals surface area contributed by atoms with Gasteiger partial charge in [0.25, 0.3) is 0 Å². The fourth-order valence-corrected chi connectivity index (χ4v) is 10.3. The summed E-state index contributed by atoms with van der Waals surface area (Å²) in [6.45, 7) is 0. The summed E-state index contributed by atoms with van der Waals surface area (Å²) in [5.74, 6) is 1.62. The Labute approximate surface area is 402 Å². The highest BCUT2D eigenvalue weighted by atomic mass is 16.3. The van der Waals surface area contributed by atoms with Crippen LogP contribution in [-0.2, 0) is 0 Å². The number of benzene rings is 10. The van der Waals surface area contributed by atoms with Gasteiger partial charge in [0.15, 0.2) is 23.1 Å². The van der Waals surface area contributed by atoms with E-state index in [1.165, 1.54) is 43.8 Å². The summed E-state index contributed by atoms with van der Waals surface area (Å²) in [4.78, 5) is 20.3. The number of rotatable bonds is 7. The second-order valence-electron chi connectivity index (χ2n) is 17.8. The van der Waals surface area contributed by atoms with Crippen molar-refractivity contribution in [3.05, 3.63) is 237 Å². The Morgan fingerprint density at radius 3 is 1.77 bits per heavy atom. The van der Waals surface area contributed by atoms with Crippen molar-refractivity contribution in [2.75, 3.05) is 0 Å². The molecule has 0 aliphatic carbocycles. The van der Waals surface area contributed by atoms with E-state index in [0.29, 0.717) is 28.8 Å². The molecule has 326 valence electrons. The van der Waals surface area contributed by atoms with Crippen LogP contribution in [0.1, 0.15) is 0 Å². The van der Waals surface area contributed by atoms with Crippen molar-refractivity contribution in [2.45, 2.75) is 0 Å². The smallest absolute Gasteiger partial charge is 0.182 e. The van der Waals surface area contributed by atoms with Gasteiger partial charge in [-0.05, 0) is 103 Å². The molecule has 14 rings (SSSR count). The molecule has 14 aromatic rings. The monoisotopic (exact) mass is 893 g/mol. The van der Waals surface area contributed by atoms with Crippen molar-refractivity contribution in [3.63, 3.8) is 0 Å². The zero-order valence-corrected chi connectivity index (χ0v) is 37.7. The summed E-state index contributed by atoms with van der Waals surface area (Å²) >= 11 is 0. The number of hydrogen-bond donors (Lipinski definition) is 0. The Kier molecular flexibility index (Phi) is 9.10. The summed E-state index contributed by atoms with van der Waals surface area (Å²) in [7, 11) is 0. The summed E-state index contributed by atoms with van der Waals surface area (Å²) in [5, 5.41) is 9.16. The molecule has 0 amide bonds. The molecular weight excluding hydrogens is 855 g/mol. The van der Waals surface area contributed by atoms with Gasteiger partial charge in [-0.1, -0.05) is 182 Å². The normalized spacial score (nSPS) is 11.7. The Hall–Kier alpha value is -9.52. The van der Waals surface area contributed by atoms with E-state index < -0.39 is 0 Å². The highest BCUT2D eigenvalue weighted by Crippen LogP contribution is 2.42. The van der Waals surface area contributed by atoms with Crippen LogP contribution < -0.4 is 0 Å². The van der Waals surface area contributed by atoms with E-state index in [1.807, 2.05) is 24.3 Å². The molecule has 0 aliphatic heterocycles. The van der Waals surface area contributed by atoms with Crippen LogP contribution in [0.4, 0.5) is 0 Å². The fraction of sp³-hybridized carbons (Fsp3) is 0. The van der Waals surface area contributed by atoms with Gasteiger partial charge in [-0.25, -0.2) is 19.9 Å². The highest BCUT2D eigenvalue weighted by Gasteiger charge is 2.20. The Balaban J connectivity index is 0.903. The van der Waals surface area contributed by atoms with Crippen molar-refractivity contribution in [2.24, 2.45) is 0 Å². The average Bonchev–Trinajstić information content (AvgIpc) is 3.98. The molecule has 0 bridgehead atoms. The standard InChI is InChI=1S/C64H39N5O/c1-2-14-40(15-3-1)42-28-31-43(32-29-42)54-38-58-61(52-24-7-6-22-50(52)54)53-25-8-10-26-57(53)69(58)49-21-13-19-46(36-49)45-18-12-20-47(35-45)62-66-63(48-33-30-41-16-4-5-17-44(41)34-48)68-64(67-62)56-37-55-51-23-9-11-27-59(51)70-60(55)39-65-56/h1-39H. The molecule has 0 unspecified atom stereocenters. The minimum Gasteiger partial charge on any atom is -0.454 e. The summed E-state index contributed by atoms with van der Waals surface area (Å²) in [6, 6.07) is 81.6. The Morgan fingerprint density at radius 1 is 0.329 bits per heavy atom. The van der Waals surface area contributed by atoms with Gasteiger partial charge in [0.05, 0.1) is 17.2 Å². The van der Waals surface area contributed by atoms with Gasteiger partial charge in [-0.15, -0.1) is 0 Å². The molecule has 0 radical (unpaired) electrons. The molecule has 0 fully saturated rings. The van der Waals surface area contributed by atoms with Gasteiger partial charge in [0.1, 0.15) is 11.3 Å². The predicted octanol–water partition coefficient (Wildman–Crippen LogP) is 16.6. The first-order valence-corrected chi connectivity index (χ1v) is 23.5. The minimum atomic E-state index is 0.484. The van der Waals surface area contributed by atoms with E-state index in [1.54, 1.807) is 6.20 Å². The van der Waals surface area contributed by atoms with Crippen molar-refractivity contribution in [3.8, 4) is 73.4 Å². The zero-order chi connectivity index (χ0) is 46.1. The van der Waals surface area contributed by atoms with E-state index in [9.17, 15) is 0 Å². The molecule has 0 spiro atoms. The zero-order valence-electron chi connectivity index (χ0n) is 37.7. The largest absolute Gasteiger partial charge is 0.454 e. The lowest BCUT2D eigenvalue weighted by Gasteiger charge is -2.14. The van der Waals surface area contributed by atoms with E-state index >= 15 is 0 Å². The first-order chi connectivity index (χ1) is 34.7. The molecule has 4 aromatic heterocycles. The molecule has 0 atom stereocenters.